The first-order valence-electron chi connectivity index (χ1n) is 2.98. The maximum atomic E-state index is 3.77. The minimum absolute atomic E-state index is 0.389. The zero-order valence-electron chi connectivity index (χ0n) is 5.94. The summed E-state index contributed by atoms with van der Waals surface area (Å²) in [5.74, 6) is 0. The standard InChI is InChI=1S/C7H14N/c1-5-7(2)6-8(7,3)4/h5H,1,6H2,2-4H3/q+1. The van der Waals surface area contributed by atoms with Gasteiger partial charge in [-0.1, -0.05) is 6.58 Å². The van der Waals surface area contributed by atoms with Gasteiger partial charge in [-0.3, -0.25) is 0 Å². The molecule has 8 heavy (non-hydrogen) atoms. The van der Waals surface area contributed by atoms with Gasteiger partial charge in [-0.05, 0) is 6.08 Å². The van der Waals surface area contributed by atoms with Crippen LogP contribution in [-0.2, 0) is 0 Å². The number of likely N-dealkylation sites (N-methyl/N-ethyl adjacent to an activating group) is 1. The van der Waals surface area contributed by atoms with Crippen LogP contribution >= 0.6 is 0 Å². The van der Waals surface area contributed by atoms with Crippen LogP contribution in [0.2, 0.25) is 0 Å². The van der Waals surface area contributed by atoms with Gasteiger partial charge in [0.1, 0.15) is 6.54 Å². The lowest BCUT2D eigenvalue weighted by molar-refractivity contribution is -0.780. The summed E-state index contributed by atoms with van der Waals surface area (Å²) < 4.78 is 1.11. The molecule has 0 aromatic rings. The third-order valence-corrected chi connectivity index (χ3v) is 2.43. The molecule has 0 aromatic heterocycles. The van der Waals surface area contributed by atoms with E-state index in [0.29, 0.717) is 5.54 Å². The number of rotatable bonds is 1. The molecule has 0 aliphatic carbocycles. The van der Waals surface area contributed by atoms with E-state index in [4.69, 9.17) is 0 Å². The topological polar surface area (TPSA) is 0 Å². The maximum Gasteiger partial charge on any atom is 0.164 e. The van der Waals surface area contributed by atoms with Crippen molar-refractivity contribution < 1.29 is 4.48 Å². The zero-order valence-corrected chi connectivity index (χ0v) is 5.94. The molecule has 1 saturated heterocycles. The fourth-order valence-electron chi connectivity index (χ4n) is 1.08. The molecule has 1 atom stereocenters. The van der Waals surface area contributed by atoms with Crippen molar-refractivity contribution in [3.8, 4) is 0 Å². The van der Waals surface area contributed by atoms with Gasteiger partial charge in [-0.2, -0.15) is 0 Å². The van der Waals surface area contributed by atoms with Crippen LogP contribution in [0.1, 0.15) is 6.92 Å². The Labute approximate surface area is 51.2 Å². The second-order valence-electron chi connectivity index (χ2n) is 3.40. The molecular weight excluding hydrogens is 98.1 g/mol. The molecule has 1 fully saturated rings. The summed E-state index contributed by atoms with van der Waals surface area (Å²) >= 11 is 0. The third-order valence-electron chi connectivity index (χ3n) is 2.43. The molecule has 0 aromatic carbocycles. The molecule has 0 bridgehead atoms. The molecule has 1 aliphatic rings. The van der Waals surface area contributed by atoms with Crippen molar-refractivity contribution in [1.29, 1.82) is 0 Å². The van der Waals surface area contributed by atoms with Crippen LogP contribution in [-0.4, -0.2) is 30.7 Å². The molecule has 1 heteroatoms. The van der Waals surface area contributed by atoms with E-state index in [1.165, 1.54) is 6.54 Å². The second kappa shape index (κ2) is 1.16. The summed E-state index contributed by atoms with van der Waals surface area (Å²) in [6.07, 6.45) is 2.05. The molecule has 0 amide bonds. The summed E-state index contributed by atoms with van der Waals surface area (Å²) in [5, 5.41) is 0. The Morgan fingerprint density at radius 3 is 2.00 bits per heavy atom. The lowest BCUT2D eigenvalue weighted by atomic mass is 10.2. The first kappa shape index (κ1) is 5.83. The minimum atomic E-state index is 0.389. The molecule has 0 N–H and O–H groups in total. The Bertz CT molecular complexity index is 126. The quantitative estimate of drug-likeness (QED) is 0.270. The van der Waals surface area contributed by atoms with Gasteiger partial charge in [0.2, 0.25) is 0 Å². The van der Waals surface area contributed by atoms with Crippen LogP contribution in [0.5, 0.6) is 0 Å². The van der Waals surface area contributed by atoms with E-state index >= 15 is 0 Å². The van der Waals surface area contributed by atoms with Crippen LogP contribution in [0.3, 0.4) is 0 Å². The summed E-state index contributed by atoms with van der Waals surface area (Å²) in [7, 11) is 4.45. The maximum absolute atomic E-state index is 3.77. The van der Waals surface area contributed by atoms with Crippen LogP contribution in [0.25, 0.3) is 0 Å². The summed E-state index contributed by atoms with van der Waals surface area (Å²) in [4.78, 5) is 0. The van der Waals surface area contributed by atoms with E-state index in [1.807, 2.05) is 6.08 Å². The van der Waals surface area contributed by atoms with E-state index in [1.54, 1.807) is 0 Å². The van der Waals surface area contributed by atoms with Gasteiger partial charge in [0, 0.05) is 6.92 Å². The number of hydrogen-bond donors (Lipinski definition) is 0. The van der Waals surface area contributed by atoms with Crippen molar-refractivity contribution in [2.24, 2.45) is 0 Å². The monoisotopic (exact) mass is 112 g/mol. The van der Waals surface area contributed by atoms with Crippen molar-refractivity contribution >= 4 is 0 Å². The molecule has 0 saturated carbocycles. The summed E-state index contributed by atoms with van der Waals surface area (Å²) in [6, 6.07) is 0. The van der Waals surface area contributed by atoms with Crippen molar-refractivity contribution in [2.75, 3.05) is 20.6 Å². The first-order valence-corrected chi connectivity index (χ1v) is 2.98. The SMILES string of the molecule is C=CC1(C)C[N+]1(C)C. The van der Waals surface area contributed by atoms with Gasteiger partial charge in [0.15, 0.2) is 5.54 Å². The van der Waals surface area contributed by atoms with Gasteiger partial charge >= 0.3 is 0 Å². The zero-order chi connectivity index (χ0) is 6.41. The van der Waals surface area contributed by atoms with Crippen LogP contribution in [0.15, 0.2) is 12.7 Å². The van der Waals surface area contributed by atoms with Gasteiger partial charge in [0.05, 0.1) is 14.1 Å². The van der Waals surface area contributed by atoms with E-state index in [-0.39, 0.29) is 0 Å². The predicted octanol–water partition coefficient (Wildman–Crippen LogP) is 1.02. The molecule has 1 unspecified atom stereocenters. The number of hydrogen-bond acceptors (Lipinski definition) is 0. The summed E-state index contributed by atoms with van der Waals surface area (Å²) in [6.45, 7) is 7.26. The van der Waals surface area contributed by atoms with Crippen LogP contribution < -0.4 is 0 Å². The molecule has 1 nitrogen and oxygen atoms in total. The minimum Gasteiger partial charge on any atom is -0.310 e. The lowest BCUT2D eigenvalue weighted by Gasteiger charge is -2.08. The number of quaternary nitrogens is 1. The fraction of sp³-hybridized carbons (Fsp3) is 0.714. The van der Waals surface area contributed by atoms with Crippen molar-refractivity contribution in [2.45, 2.75) is 12.5 Å². The molecule has 1 rings (SSSR count). The highest BCUT2D eigenvalue weighted by atomic mass is 15.5. The van der Waals surface area contributed by atoms with Crippen LogP contribution in [0.4, 0.5) is 0 Å². The molecule has 1 aliphatic heterocycles. The lowest BCUT2D eigenvalue weighted by Crippen LogP contribution is -2.22. The summed E-state index contributed by atoms with van der Waals surface area (Å²) in [5.41, 5.74) is 0.389. The van der Waals surface area contributed by atoms with Crippen molar-refractivity contribution in [3.05, 3.63) is 12.7 Å². The predicted molar refractivity (Wildman–Crippen MR) is 35.6 cm³/mol. The average molecular weight is 112 g/mol. The van der Waals surface area contributed by atoms with E-state index in [2.05, 4.69) is 27.6 Å². The molecule has 46 valence electrons. The molecular formula is C7H14N+. The van der Waals surface area contributed by atoms with Gasteiger partial charge < -0.3 is 4.48 Å². The fourth-order valence-corrected chi connectivity index (χ4v) is 1.08. The molecule has 1 heterocycles. The highest BCUT2D eigenvalue weighted by Crippen LogP contribution is 2.38. The molecule has 0 radical (unpaired) electrons. The van der Waals surface area contributed by atoms with E-state index < -0.39 is 0 Å². The normalized spacial score (nSPS) is 41.4. The average Bonchev–Trinajstić information content (AvgIpc) is 2.10. The van der Waals surface area contributed by atoms with Crippen molar-refractivity contribution in [1.82, 2.24) is 0 Å². The van der Waals surface area contributed by atoms with Gasteiger partial charge in [0.25, 0.3) is 0 Å². The Morgan fingerprint density at radius 1 is 1.62 bits per heavy atom. The smallest absolute Gasteiger partial charge is 0.164 e. The number of nitrogens with zero attached hydrogens (tertiary/aromatic N) is 1. The highest BCUT2D eigenvalue weighted by Gasteiger charge is 2.57. The Morgan fingerprint density at radius 2 is 2.00 bits per heavy atom. The third kappa shape index (κ3) is 0.511. The van der Waals surface area contributed by atoms with E-state index in [0.717, 1.165) is 4.48 Å². The Hall–Kier alpha value is -0.300. The van der Waals surface area contributed by atoms with Gasteiger partial charge in [-0.25, -0.2) is 0 Å². The first-order chi connectivity index (χ1) is 3.52. The molecule has 0 spiro atoms. The van der Waals surface area contributed by atoms with Crippen molar-refractivity contribution in [3.63, 3.8) is 0 Å². The Kier molecular flexibility index (Phi) is 0.845. The highest BCUT2D eigenvalue weighted by molar-refractivity contribution is 5.02. The second-order valence-corrected chi connectivity index (χ2v) is 3.40. The van der Waals surface area contributed by atoms with E-state index in [9.17, 15) is 0 Å². The van der Waals surface area contributed by atoms with Gasteiger partial charge in [-0.15, -0.1) is 0 Å². The largest absolute Gasteiger partial charge is 0.310 e. The Balaban J connectivity index is 2.68. The van der Waals surface area contributed by atoms with Crippen LogP contribution in [0, 0.1) is 0 Å².